The number of phenols is 1. The van der Waals surface area contributed by atoms with Gasteiger partial charge >= 0.3 is 12.1 Å². The summed E-state index contributed by atoms with van der Waals surface area (Å²) in [4.78, 5) is 40.9. The van der Waals surface area contributed by atoms with Crippen molar-refractivity contribution in [2.75, 3.05) is 37.1 Å². The highest BCUT2D eigenvalue weighted by Crippen LogP contribution is 2.35. The molecule has 34 heavy (non-hydrogen) atoms. The molecule has 0 unspecified atom stereocenters. The van der Waals surface area contributed by atoms with Crippen molar-refractivity contribution in [2.24, 2.45) is 0 Å². The first-order chi connectivity index (χ1) is 16.0. The minimum atomic E-state index is -0.711. The SMILES string of the molecule is COC(=O)c1ccc2c(c1)N(C(=O)OC(C)(C)C)CCN2C(=O)C=Cc1ccc(OC)c(O)c1. The topological polar surface area (TPSA) is 106 Å². The second-order valence-electron chi connectivity index (χ2n) is 8.58. The van der Waals surface area contributed by atoms with Crippen LogP contribution in [0, 0.1) is 0 Å². The molecule has 0 fully saturated rings. The van der Waals surface area contributed by atoms with Crippen LogP contribution in [-0.2, 0) is 14.3 Å². The molecule has 2 aromatic carbocycles. The number of methoxy groups -OCH3 is 2. The van der Waals surface area contributed by atoms with E-state index in [0.29, 0.717) is 22.7 Å². The van der Waals surface area contributed by atoms with Crippen LogP contribution in [0.1, 0.15) is 36.7 Å². The zero-order valence-corrected chi connectivity index (χ0v) is 19.8. The first-order valence-corrected chi connectivity index (χ1v) is 10.6. The molecular formula is C25H28N2O7. The van der Waals surface area contributed by atoms with Gasteiger partial charge < -0.3 is 24.2 Å². The van der Waals surface area contributed by atoms with Crippen LogP contribution in [-0.4, -0.2) is 56.0 Å². The Bertz CT molecular complexity index is 1130. The molecule has 0 aliphatic carbocycles. The summed E-state index contributed by atoms with van der Waals surface area (Å²) in [5, 5.41) is 9.95. The van der Waals surface area contributed by atoms with Crippen LogP contribution >= 0.6 is 0 Å². The third-order valence-electron chi connectivity index (χ3n) is 5.03. The van der Waals surface area contributed by atoms with Gasteiger partial charge in [0.25, 0.3) is 5.91 Å². The lowest BCUT2D eigenvalue weighted by Gasteiger charge is -2.37. The van der Waals surface area contributed by atoms with Gasteiger partial charge in [-0.05, 0) is 62.7 Å². The molecule has 1 aliphatic heterocycles. The van der Waals surface area contributed by atoms with E-state index < -0.39 is 17.7 Å². The zero-order valence-electron chi connectivity index (χ0n) is 19.8. The van der Waals surface area contributed by atoms with Gasteiger partial charge in [-0.1, -0.05) is 6.07 Å². The Balaban J connectivity index is 1.92. The fraction of sp³-hybridized carbons (Fsp3) is 0.320. The van der Waals surface area contributed by atoms with E-state index in [9.17, 15) is 19.5 Å². The van der Waals surface area contributed by atoms with E-state index in [-0.39, 0.29) is 30.3 Å². The van der Waals surface area contributed by atoms with E-state index >= 15 is 0 Å². The van der Waals surface area contributed by atoms with Gasteiger partial charge in [-0.3, -0.25) is 9.69 Å². The first kappa shape index (κ1) is 24.6. The Morgan fingerprint density at radius 3 is 2.29 bits per heavy atom. The summed E-state index contributed by atoms with van der Waals surface area (Å²) in [5.41, 5.74) is 0.967. The van der Waals surface area contributed by atoms with Crippen molar-refractivity contribution in [2.45, 2.75) is 26.4 Å². The smallest absolute Gasteiger partial charge is 0.414 e. The average Bonchev–Trinajstić information content (AvgIpc) is 2.79. The molecule has 9 nitrogen and oxygen atoms in total. The van der Waals surface area contributed by atoms with Gasteiger partial charge in [0.2, 0.25) is 0 Å². The number of fused-ring (bicyclic) bond motifs is 1. The molecule has 1 N–H and O–H groups in total. The maximum Gasteiger partial charge on any atom is 0.414 e. The number of aromatic hydroxyl groups is 1. The number of hydrogen-bond donors (Lipinski definition) is 1. The molecule has 0 bridgehead atoms. The predicted octanol–water partition coefficient (Wildman–Crippen LogP) is 3.99. The second kappa shape index (κ2) is 9.86. The minimum absolute atomic E-state index is 0.0382. The highest BCUT2D eigenvalue weighted by Gasteiger charge is 2.32. The van der Waals surface area contributed by atoms with E-state index in [0.717, 1.165) is 0 Å². The first-order valence-electron chi connectivity index (χ1n) is 10.6. The van der Waals surface area contributed by atoms with Crippen LogP contribution < -0.4 is 14.5 Å². The lowest BCUT2D eigenvalue weighted by molar-refractivity contribution is -0.114. The fourth-order valence-corrected chi connectivity index (χ4v) is 3.46. The molecule has 0 saturated carbocycles. The number of anilines is 2. The molecule has 1 aliphatic rings. The highest BCUT2D eigenvalue weighted by molar-refractivity contribution is 6.09. The Morgan fingerprint density at radius 1 is 0.971 bits per heavy atom. The summed E-state index contributed by atoms with van der Waals surface area (Å²) >= 11 is 0. The maximum atomic E-state index is 13.0. The third kappa shape index (κ3) is 5.48. The van der Waals surface area contributed by atoms with E-state index in [2.05, 4.69) is 0 Å². The number of carbonyl (C=O) groups is 3. The third-order valence-corrected chi connectivity index (χ3v) is 5.03. The van der Waals surface area contributed by atoms with Crippen molar-refractivity contribution in [3.63, 3.8) is 0 Å². The average molecular weight is 469 g/mol. The number of ether oxygens (including phenoxy) is 3. The van der Waals surface area contributed by atoms with E-state index in [1.807, 2.05) is 0 Å². The molecule has 0 atom stereocenters. The molecule has 1 heterocycles. The van der Waals surface area contributed by atoms with Crippen LogP contribution in [0.4, 0.5) is 16.2 Å². The van der Waals surface area contributed by atoms with Crippen LogP contribution in [0.5, 0.6) is 11.5 Å². The van der Waals surface area contributed by atoms with E-state index in [1.165, 1.54) is 48.3 Å². The number of carbonyl (C=O) groups excluding carboxylic acids is 3. The van der Waals surface area contributed by atoms with Crippen molar-refractivity contribution < 1.29 is 33.7 Å². The Morgan fingerprint density at radius 2 is 1.68 bits per heavy atom. The summed E-state index contributed by atoms with van der Waals surface area (Å²) < 4.78 is 15.3. The number of benzene rings is 2. The maximum absolute atomic E-state index is 13.0. The Labute approximate surface area is 198 Å². The summed E-state index contributed by atoms with van der Waals surface area (Å²) in [7, 11) is 2.72. The van der Waals surface area contributed by atoms with Gasteiger partial charge in [-0.2, -0.15) is 0 Å². The Hall–Kier alpha value is -4.01. The lowest BCUT2D eigenvalue weighted by atomic mass is 10.1. The minimum Gasteiger partial charge on any atom is -0.504 e. The number of nitrogens with zero attached hydrogens (tertiary/aromatic N) is 2. The fourth-order valence-electron chi connectivity index (χ4n) is 3.46. The van der Waals surface area contributed by atoms with Gasteiger partial charge in [0.05, 0.1) is 31.2 Å². The van der Waals surface area contributed by atoms with Crippen molar-refractivity contribution in [3.8, 4) is 11.5 Å². The highest BCUT2D eigenvalue weighted by atomic mass is 16.6. The summed E-state index contributed by atoms with van der Waals surface area (Å²) in [5.74, 6) is -0.596. The predicted molar refractivity (Wildman–Crippen MR) is 127 cm³/mol. The molecule has 0 aromatic heterocycles. The van der Waals surface area contributed by atoms with Crippen molar-refractivity contribution in [3.05, 3.63) is 53.6 Å². The molecule has 0 saturated heterocycles. The van der Waals surface area contributed by atoms with Gasteiger partial charge in [0.1, 0.15) is 5.60 Å². The van der Waals surface area contributed by atoms with E-state index in [1.54, 1.807) is 45.0 Å². The number of phenolic OH excluding ortho intramolecular Hbond substituents is 1. The van der Waals surface area contributed by atoms with Gasteiger partial charge in [-0.15, -0.1) is 0 Å². The van der Waals surface area contributed by atoms with Crippen LogP contribution in [0.25, 0.3) is 6.08 Å². The number of amides is 2. The molecule has 180 valence electrons. The monoisotopic (exact) mass is 468 g/mol. The van der Waals surface area contributed by atoms with Crippen molar-refractivity contribution >= 4 is 35.4 Å². The Kier molecular flexibility index (Phi) is 7.14. The number of esters is 1. The number of rotatable bonds is 4. The number of hydrogen-bond acceptors (Lipinski definition) is 7. The molecule has 2 amide bonds. The molecule has 3 rings (SSSR count). The van der Waals surface area contributed by atoms with Gasteiger partial charge in [-0.25, -0.2) is 9.59 Å². The van der Waals surface area contributed by atoms with Crippen LogP contribution in [0.3, 0.4) is 0 Å². The zero-order chi connectivity index (χ0) is 25.0. The van der Waals surface area contributed by atoms with E-state index in [4.69, 9.17) is 14.2 Å². The summed E-state index contributed by atoms with van der Waals surface area (Å²) in [6, 6.07) is 9.44. The van der Waals surface area contributed by atoms with Crippen LogP contribution in [0.2, 0.25) is 0 Å². The second-order valence-corrected chi connectivity index (χ2v) is 8.58. The normalized spacial score (nSPS) is 13.4. The standard InChI is InChI=1S/C25H28N2O7/c1-25(2,3)34-24(31)27-13-12-26(18-9-8-17(15-19(18)27)23(30)33-5)22(29)11-7-16-6-10-21(32-4)20(28)14-16/h6-11,14-15,28H,12-13H2,1-5H3. The van der Waals surface area contributed by atoms with Gasteiger partial charge in [0, 0.05) is 19.2 Å². The summed E-state index contributed by atoms with van der Waals surface area (Å²) in [6.45, 7) is 5.69. The van der Waals surface area contributed by atoms with Gasteiger partial charge in [0.15, 0.2) is 11.5 Å². The quantitative estimate of drug-likeness (QED) is 0.534. The molecule has 2 aromatic rings. The summed E-state index contributed by atoms with van der Waals surface area (Å²) in [6.07, 6.45) is 2.37. The largest absolute Gasteiger partial charge is 0.504 e. The molecule has 0 spiro atoms. The van der Waals surface area contributed by atoms with Crippen LogP contribution in [0.15, 0.2) is 42.5 Å². The van der Waals surface area contributed by atoms with Crippen molar-refractivity contribution in [1.29, 1.82) is 0 Å². The molecular weight excluding hydrogens is 440 g/mol. The lowest BCUT2D eigenvalue weighted by Crippen LogP contribution is -2.47. The molecule has 0 radical (unpaired) electrons. The molecule has 9 heteroatoms. The van der Waals surface area contributed by atoms with Crippen molar-refractivity contribution in [1.82, 2.24) is 0 Å².